The highest BCUT2D eigenvalue weighted by Gasteiger charge is 2.69. The highest BCUT2D eigenvalue weighted by Crippen LogP contribution is 2.60. The maximum Gasteiger partial charge on any atom is 0.201 e. The second-order valence-electron chi connectivity index (χ2n) is 7.30. The van der Waals surface area contributed by atoms with Crippen LogP contribution in [0.3, 0.4) is 0 Å². The molecule has 0 aromatic carbocycles. The monoisotopic (exact) mass is 284 g/mol. The molecule has 4 saturated heterocycles. The van der Waals surface area contributed by atoms with Gasteiger partial charge in [0.2, 0.25) is 5.79 Å². The van der Waals surface area contributed by atoms with E-state index in [0.29, 0.717) is 11.8 Å². The Morgan fingerprint density at radius 2 is 1.85 bits per heavy atom. The van der Waals surface area contributed by atoms with Crippen LogP contribution in [0.5, 0.6) is 0 Å². The maximum atomic E-state index is 10.2. The third kappa shape index (κ3) is 1.56. The first-order valence-corrected chi connectivity index (χ1v) is 7.84. The van der Waals surface area contributed by atoms with Crippen molar-refractivity contribution in [3.8, 4) is 0 Å². The summed E-state index contributed by atoms with van der Waals surface area (Å²) in [5, 5.41) is 10.2. The lowest BCUT2D eigenvalue weighted by Gasteiger charge is -2.59. The van der Waals surface area contributed by atoms with Crippen molar-refractivity contribution in [3.05, 3.63) is 0 Å². The third-order valence-electron chi connectivity index (χ3n) is 6.12. The predicted molar refractivity (Wildman–Crippen MR) is 69.0 cm³/mol. The van der Waals surface area contributed by atoms with Crippen LogP contribution in [0.4, 0.5) is 0 Å². The lowest BCUT2D eigenvalue weighted by molar-refractivity contribution is -0.576. The van der Waals surface area contributed by atoms with E-state index < -0.39 is 24.0 Å². The zero-order chi connectivity index (χ0) is 14.1. The molecule has 20 heavy (non-hydrogen) atoms. The van der Waals surface area contributed by atoms with Crippen LogP contribution < -0.4 is 0 Å². The summed E-state index contributed by atoms with van der Waals surface area (Å²) >= 11 is 0. The molecule has 5 rings (SSSR count). The third-order valence-corrected chi connectivity index (χ3v) is 6.12. The Labute approximate surface area is 119 Å². The first-order chi connectivity index (χ1) is 9.46. The van der Waals surface area contributed by atoms with Gasteiger partial charge < -0.3 is 14.6 Å². The largest absolute Gasteiger partial charge is 0.368 e. The summed E-state index contributed by atoms with van der Waals surface area (Å²) in [6, 6.07) is 0. The fraction of sp³-hybridized carbons (Fsp3) is 1.00. The second kappa shape index (κ2) is 4.17. The Hall–Kier alpha value is -0.200. The minimum atomic E-state index is -0.781. The Bertz CT molecular complexity index is 411. The molecule has 5 heteroatoms. The van der Waals surface area contributed by atoms with Crippen molar-refractivity contribution in [2.24, 2.45) is 23.7 Å². The topological polar surface area (TPSA) is 57.2 Å². The molecule has 0 radical (unpaired) electrons. The molecule has 0 aromatic heterocycles. The molecular formula is C15H24O5. The first kappa shape index (κ1) is 13.5. The van der Waals surface area contributed by atoms with E-state index in [4.69, 9.17) is 19.2 Å². The summed E-state index contributed by atoms with van der Waals surface area (Å²) in [7, 11) is 0. The summed E-state index contributed by atoms with van der Waals surface area (Å²) in [4.78, 5) is 11.6. The van der Waals surface area contributed by atoms with Crippen molar-refractivity contribution < 1.29 is 24.4 Å². The Morgan fingerprint density at radius 1 is 1.05 bits per heavy atom. The normalized spacial score (nSPS) is 61.8. The summed E-state index contributed by atoms with van der Waals surface area (Å²) in [5.41, 5.74) is -0.549. The van der Waals surface area contributed by atoms with Crippen LogP contribution in [0.15, 0.2) is 0 Å². The lowest BCUT2D eigenvalue weighted by atomic mass is 9.58. The predicted octanol–water partition coefficient (Wildman–Crippen LogP) is 2.19. The molecule has 8 atom stereocenters. The fourth-order valence-electron chi connectivity index (χ4n) is 4.89. The van der Waals surface area contributed by atoms with Gasteiger partial charge in [-0.2, -0.15) is 0 Å². The fourth-order valence-corrected chi connectivity index (χ4v) is 4.89. The zero-order valence-corrected chi connectivity index (χ0v) is 12.4. The van der Waals surface area contributed by atoms with E-state index in [9.17, 15) is 5.11 Å². The smallest absolute Gasteiger partial charge is 0.201 e. The van der Waals surface area contributed by atoms with Crippen molar-refractivity contribution >= 4 is 0 Å². The summed E-state index contributed by atoms with van der Waals surface area (Å²) in [6.07, 6.45) is 2.72. The van der Waals surface area contributed by atoms with Gasteiger partial charge >= 0.3 is 0 Å². The standard InChI is InChI=1S/C15H24O5/c1-8-4-5-11-9(2)12(16)17-13-15(11)10(8)6-7-14(3,18-13)19-20-15/h8-13,16H,4-7H2,1-3H3/t8-,9-,10?,11+,12+,13-,14?,15-/m1/s1. The van der Waals surface area contributed by atoms with Gasteiger partial charge in [0.05, 0.1) is 0 Å². The molecule has 4 aliphatic heterocycles. The van der Waals surface area contributed by atoms with Gasteiger partial charge in [-0.05, 0) is 38.0 Å². The summed E-state index contributed by atoms with van der Waals surface area (Å²) < 4.78 is 11.9. The van der Waals surface area contributed by atoms with Gasteiger partial charge in [-0.1, -0.05) is 13.8 Å². The average molecular weight is 284 g/mol. The Morgan fingerprint density at radius 3 is 2.65 bits per heavy atom. The van der Waals surface area contributed by atoms with Crippen molar-refractivity contribution in [2.75, 3.05) is 0 Å². The molecule has 1 saturated carbocycles. The first-order valence-electron chi connectivity index (χ1n) is 7.84. The Kier molecular flexibility index (Phi) is 2.81. The number of hydrogen-bond donors (Lipinski definition) is 1. The zero-order valence-electron chi connectivity index (χ0n) is 12.4. The number of fused-ring (bicyclic) bond motifs is 2. The van der Waals surface area contributed by atoms with E-state index >= 15 is 0 Å². The maximum absolute atomic E-state index is 10.2. The van der Waals surface area contributed by atoms with E-state index in [1.54, 1.807) is 0 Å². The quantitative estimate of drug-likeness (QED) is 0.691. The minimum Gasteiger partial charge on any atom is -0.368 e. The molecule has 5 aliphatic rings. The number of hydrogen-bond acceptors (Lipinski definition) is 5. The van der Waals surface area contributed by atoms with E-state index in [2.05, 4.69) is 6.92 Å². The van der Waals surface area contributed by atoms with Crippen LogP contribution in [-0.2, 0) is 19.2 Å². The molecule has 0 amide bonds. The number of ether oxygens (including phenoxy) is 2. The van der Waals surface area contributed by atoms with Crippen LogP contribution in [0.1, 0.15) is 46.5 Å². The number of rotatable bonds is 0. The molecule has 5 nitrogen and oxygen atoms in total. The number of aliphatic hydroxyl groups excluding tert-OH is 1. The van der Waals surface area contributed by atoms with Crippen molar-refractivity contribution in [1.82, 2.24) is 0 Å². The van der Waals surface area contributed by atoms with E-state index in [1.807, 2.05) is 13.8 Å². The van der Waals surface area contributed by atoms with Crippen LogP contribution in [0, 0.1) is 23.7 Å². The van der Waals surface area contributed by atoms with Crippen LogP contribution in [0.2, 0.25) is 0 Å². The van der Waals surface area contributed by atoms with Gasteiger partial charge in [-0.15, -0.1) is 0 Å². The second-order valence-corrected chi connectivity index (χ2v) is 7.30. The molecule has 2 bridgehead atoms. The van der Waals surface area contributed by atoms with E-state index in [0.717, 1.165) is 19.3 Å². The molecule has 114 valence electrons. The molecule has 1 N–H and O–H groups in total. The van der Waals surface area contributed by atoms with Crippen molar-refractivity contribution in [1.29, 1.82) is 0 Å². The Balaban J connectivity index is 1.82. The van der Waals surface area contributed by atoms with Gasteiger partial charge in [-0.3, -0.25) is 0 Å². The molecule has 4 heterocycles. The van der Waals surface area contributed by atoms with Gasteiger partial charge in [-0.25, -0.2) is 9.78 Å². The molecule has 1 spiro atoms. The van der Waals surface area contributed by atoms with Crippen LogP contribution in [-0.4, -0.2) is 29.1 Å². The van der Waals surface area contributed by atoms with E-state index in [1.165, 1.54) is 6.42 Å². The highest BCUT2D eigenvalue weighted by molar-refractivity contribution is 5.08. The molecule has 5 fully saturated rings. The number of aliphatic hydroxyl groups is 1. The van der Waals surface area contributed by atoms with Crippen LogP contribution >= 0.6 is 0 Å². The average Bonchev–Trinajstić information content (AvgIpc) is 2.63. The van der Waals surface area contributed by atoms with Crippen molar-refractivity contribution in [3.63, 3.8) is 0 Å². The van der Waals surface area contributed by atoms with Crippen molar-refractivity contribution in [2.45, 2.75) is 70.4 Å². The molecular weight excluding hydrogens is 260 g/mol. The molecule has 1 aliphatic carbocycles. The van der Waals surface area contributed by atoms with Crippen LogP contribution in [0.25, 0.3) is 0 Å². The van der Waals surface area contributed by atoms with Gasteiger partial charge in [0.1, 0.15) is 0 Å². The molecule has 0 aromatic rings. The SMILES string of the molecule is C[C@H]1[C@@H](O)O[C@@H]2OC3(C)CCC4[C@H](C)CC[C@@H]1[C@]42OO3. The summed E-state index contributed by atoms with van der Waals surface area (Å²) in [5.74, 6) is 0.437. The van der Waals surface area contributed by atoms with E-state index in [-0.39, 0.29) is 11.8 Å². The highest BCUT2D eigenvalue weighted by atomic mass is 17.3. The lowest BCUT2D eigenvalue weighted by Crippen LogP contribution is -2.70. The minimum absolute atomic E-state index is 0.0379. The van der Waals surface area contributed by atoms with Gasteiger partial charge in [0.25, 0.3) is 0 Å². The molecule has 2 unspecified atom stereocenters. The van der Waals surface area contributed by atoms with Gasteiger partial charge in [0, 0.05) is 18.3 Å². The summed E-state index contributed by atoms with van der Waals surface area (Å²) in [6.45, 7) is 6.22. The van der Waals surface area contributed by atoms with Gasteiger partial charge in [0.15, 0.2) is 18.2 Å².